The zero-order chi connectivity index (χ0) is 11.3. The maximum atomic E-state index is 8.56. The Bertz CT molecular complexity index is 233. The highest BCUT2D eigenvalue weighted by molar-refractivity contribution is 5.85. The molecule has 1 N–H and O–H groups in total. The third kappa shape index (κ3) is 5.72. The summed E-state index contributed by atoms with van der Waals surface area (Å²) in [4.78, 5) is 0. The lowest BCUT2D eigenvalue weighted by Crippen LogP contribution is -2.31. The van der Waals surface area contributed by atoms with Gasteiger partial charge >= 0.3 is 0 Å². The van der Waals surface area contributed by atoms with E-state index in [9.17, 15) is 0 Å². The van der Waals surface area contributed by atoms with Gasteiger partial charge in [-0.1, -0.05) is 27.2 Å². The molecule has 1 aliphatic rings. The van der Waals surface area contributed by atoms with Crippen LogP contribution in [0.15, 0.2) is 0 Å². The molecule has 0 aromatic heterocycles. The van der Waals surface area contributed by atoms with Gasteiger partial charge in [-0.05, 0) is 30.6 Å². The van der Waals surface area contributed by atoms with Crippen LogP contribution >= 0.6 is 12.4 Å². The van der Waals surface area contributed by atoms with Crippen molar-refractivity contribution in [1.29, 1.82) is 5.26 Å². The van der Waals surface area contributed by atoms with E-state index >= 15 is 0 Å². The second-order valence-corrected chi connectivity index (χ2v) is 5.59. The number of hydrogen-bond donors (Lipinski definition) is 1. The normalized spacial score (nSPS) is 23.4. The van der Waals surface area contributed by atoms with Gasteiger partial charge in [0.1, 0.15) is 0 Å². The molecular formula is C13H25ClN2. The maximum Gasteiger partial charge on any atom is 0.0621 e. The summed E-state index contributed by atoms with van der Waals surface area (Å²) in [5.74, 6) is 0.932. The summed E-state index contributed by atoms with van der Waals surface area (Å²) >= 11 is 0. The highest BCUT2D eigenvalue weighted by Gasteiger charge is 2.36. The van der Waals surface area contributed by atoms with Gasteiger partial charge in [0.25, 0.3) is 0 Å². The molecule has 2 unspecified atom stereocenters. The largest absolute Gasteiger partial charge is 0.313 e. The van der Waals surface area contributed by atoms with Gasteiger partial charge in [-0.15, -0.1) is 12.4 Å². The predicted molar refractivity (Wildman–Crippen MR) is 70.7 cm³/mol. The lowest BCUT2D eigenvalue weighted by molar-refractivity contribution is 0.314. The fourth-order valence-electron chi connectivity index (χ4n) is 2.08. The van der Waals surface area contributed by atoms with Crippen molar-refractivity contribution in [3.05, 3.63) is 0 Å². The zero-order valence-corrected chi connectivity index (χ0v) is 11.6. The van der Waals surface area contributed by atoms with Gasteiger partial charge in [-0.2, -0.15) is 5.26 Å². The van der Waals surface area contributed by atoms with Crippen molar-refractivity contribution in [3.63, 3.8) is 0 Å². The fourth-order valence-corrected chi connectivity index (χ4v) is 2.08. The number of nitrogens with zero attached hydrogens (tertiary/aromatic N) is 1. The monoisotopic (exact) mass is 244 g/mol. The van der Waals surface area contributed by atoms with Crippen molar-refractivity contribution in [1.82, 2.24) is 5.32 Å². The lowest BCUT2D eigenvalue weighted by Gasteiger charge is -2.24. The van der Waals surface area contributed by atoms with Gasteiger partial charge in [0.2, 0.25) is 0 Å². The van der Waals surface area contributed by atoms with E-state index in [0.29, 0.717) is 6.42 Å². The van der Waals surface area contributed by atoms with E-state index in [-0.39, 0.29) is 17.8 Å². The second-order valence-electron chi connectivity index (χ2n) is 5.59. The van der Waals surface area contributed by atoms with Crippen molar-refractivity contribution < 1.29 is 0 Å². The van der Waals surface area contributed by atoms with E-state index < -0.39 is 0 Å². The molecule has 0 amide bonds. The summed E-state index contributed by atoms with van der Waals surface area (Å²) in [7, 11) is 0. The second kappa shape index (κ2) is 7.14. The summed E-state index contributed by atoms with van der Waals surface area (Å²) < 4.78 is 0. The number of nitriles is 1. The van der Waals surface area contributed by atoms with Crippen LogP contribution in [0, 0.1) is 22.7 Å². The average molecular weight is 245 g/mol. The molecule has 1 aliphatic carbocycles. The van der Waals surface area contributed by atoms with Crippen LogP contribution in [-0.2, 0) is 0 Å². The maximum absolute atomic E-state index is 8.56. The topological polar surface area (TPSA) is 35.8 Å². The first-order valence-corrected chi connectivity index (χ1v) is 6.19. The Kier molecular flexibility index (Phi) is 7.03. The summed E-state index contributed by atoms with van der Waals surface area (Å²) in [6.07, 6.45) is 5.72. The van der Waals surface area contributed by atoms with Crippen molar-refractivity contribution in [2.45, 2.75) is 58.9 Å². The zero-order valence-electron chi connectivity index (χ0n) is 10.8. The molecule has 0 spiro atoms. The highest BCUT2D eigenvalue weighted by Crippen LogP contribution is 2.35. The SMILES string of the molecule is CCCC1CC1NCC(C)(C)CCC#N.Cl. The Morgan fingerprint density at radius 1 is 1.44 bits per heavy atom. The molecule has 2 atom stereocenters. The molecule has 0 radical (unpaired) electrons. The van der Waals surface area contributed by atoms with E-state index in [2.05, 4.69) is 32.2 Å². The molecule has 2 nitrogen and oxygen atoms in total. The van der Waals surface area contributed by atoms with E-state index in [1.807, 2.05) is 0 Å². The van der Waals surface area contributed by atoms with Crippen LogP contribution in [0.2, 0.25) is 0 Å². The number of rotatable bonds is 7. The minimum atomic E-state index is 0. The predicted octanol–water partition coefficient (Wildman–Crippen LogP) is 3.52. The van der Waals surface area contributed by atoms with Gasteiger partial charge < -0.3 is 5.32 Å². The number of halogens is 1. The first kappa shape index (κ1) is 15.7. The summed E-state index contributed by atoms with van der Waals surface area (Å²) in [6, 6.07) is 3.00. The molecule has 94 valence electrons. The van der Waals surface area contributed by atoms with E-state index in [1.54, 1.807) is 0 Å². The van der Waals surface area contributed by atoms with Crippen molar-refractivity contribution in [2.24, 2.45) is 11.3 Å². The lowest BCUT2D eigenvalue weighted by atomic mass is 9.88. The van der Waals surface area contributed by atoms with Crippen LogP contribution in [-0.4, -0.2) is 12.6 Å². The molecule has 0 saturated heterocycles. The molecule has 0 aromatic carbocycles. The highest BCUT2D eigenvalue weighted by atomic mass is 35.5. The first-order valence-electron chi connectivity index (χ1n) is 6.19. The minimum absolute atomic E-state index is 0. The average Bonchev–Trinajstić information content (AvgIpc) is 2.92. The molecule has 0 heterocycles. The quantitative estimate of drug-likeness (QED) is 0.744. The van der Waals surface area contributed by atoms with Gasteiger partial charge in [0, 0.05) is 19.0 Å². The van der Waals surface area contributed by atoms with E-state index in [0.717, 1.165) is 24.9 Å². The van der Waals surface area contributed by atoms with Crippen LogP contribution in [0.25, 0.3) is 0 Å². The molecular weight excluding hydrogens is 220 g/mol. The Morgan fingerprint density at radius 2 is 2.12 bits per heavy atom. The molecule has 3 heteroatoms. The number of hydrogen-bond acceptors (Lipinski definition) is 2. The molecule has 0 aromatic rings. The van der Waals surface area contributed by atoms with Crippen LogP contribution in [0.5, 0.6) is 0 Å². The van der Waals surface area contributed by atoms with Crippen molar-refractivity contribution in [3.8, 4) is 6.07 Å². The van der Waals surface area contributed by atoms with E-state index in [4.69, 9.17) is 5.26 Å². The summed E-state index contributed by atoms with van der Waals surface area (Å²) in [5.41, 5.74) is 0.273. The van der Waals surface area contributed by atoms with Crippen molar-refractivity contribution >= 4 is 12.4 Å². The summed E-state index contributed by atoms with van der Waals surface area (Å²) in [6.45, 7) is 7.80. The Balaban J connectivity index is 0.00000225. The minimum Gasteiger partial charge on any atom is -0.313 e. The molecule has 1 rings (SSSR count). The first-order chi connectivity index (χ1) is 7.09. The van der Waals surface area contributed by atoms with Gasteiger partial charge in [-0.3, -0.25) is 0 Å². The van der Waals surface area contributed by atoms with Gasteiger partial charge in [0.05, 0.1) is 6.07 Å². The Morgan fingerprint density at radius 3 is 2.69 bits per heavy atom. The van der Waals surface area contributed by atoms with Crippen LogP contribution in [0.1, 0.15) is 52.9 Å². The molecule has 0 bridgehead atoms. The van der Waals surface area contributed by atoms with Crippen molar-refractivity contribution in [2.75, 3.05) is 6.54 Å². The Labute approximate surface area is 106 Å². The number of nitrogens with one attached hydrogen (secondary N) is 1. The standard InChI is InChI=1S/C13H24N2.ClH/c1-4-6-11-9-12(11)15-10-13(2,3)7-5-8-14;/h11-12,15H,4-7,9-10H2,1-3H3;1H. The third-order valence-corrected chi connectivity index (χ3v) is 3.34. The van der Waals surface area contributed by atoms with Crippen LogP contribution < -0.4 is 5.32 Å². The molecule has 16 heavy (non-hydrogen) atoms. The van der Waals surface area contributed by atoms with Crippen LogP contribution in [0.4, 0.5) is 0 Å². The molecule has 1 fully saturated rings. The van der Waals surface area contributed by atoms with Crippen LogP contribution in [0.3, 0.4) is 0 Å². The summed E-state index contributed by atoms with van der Waals surface area (Å²) in [5, 5.41) is 12.2. The smallest absolute Gasteiger partial charge is 0.0621 e. The van der Waals surface area contributed by atoms with E-state index in [1.165, 1.54) is 19.3 Å². The fraction of sp³-hybridized carbons (Fsp3) is 0.923. The van der Waals surface area contributed by atoms with Gasteiger partial charge in [0.15, 0.2) is 0 Å². The Hall–Kier alpha value is -0.260. The van der Waals surface area contributed by atoms with Gasteiger partial charge in [-0.25, -0.2) is 0 Å². The molecule has 0 aliphatic heterocycles. The molecule has 1 saturated carbocycles. The third-order valence-electron chi connectivity index (χ3n) is 3.34.